The first-order chi connectivity index (χ1) is 18.0. The SMILES string of the molecule is CCCCCCC1CCC(CCCC2CCC(C3CCC(C4CCC(C)CC4)C(F)C3F)CC2)CC1F. The molecular weight excluding hydrogens is 465 g/mol. The Balaban J connectivity index is 1.10. The van der Waals surface area contributed by atoms with Crippen LogP contribution in [-0.2, 0) is 0 Å². The molecule has 0 heterocycles. The van der Waals surface area contributed by atoms with Gasteiger partial charge in [0.05, 0.1) is 0 Å². The Morgan fingerprint density at radius 1 is 0.541 bits per heavy atom. The summed E-state index contributed by atoms with van der Waals surface area (Å²) < 4.78 is 45.4. The number of unbranched alkanes of at least 4 members (excludes halogenated alkanes) is 3. The molecule has 4 aliphatic carbocycles. The van der Waals surface area contributed by atoms with Crippen molar-refractivity contribution in [3.8, 4) is 0 Å². The Bertz CT molecular complexity index is 621. The Morgan fingerprint density at radius 3 is 1.70 bits per heavy atom. The average Bonchev–Trinajstić information content (AvgIpc) is 2.90. The summed E-state index contributed by atoms with van der Waals surface area (Å²) in [6, 6.07) is 0. The highest BCUT2D eigenvalue weighted by atomic mass is 19.2. The van der Waals surface area contributed by atoms with E-state index >= 15 is 8.78 Å². The summed E-state index contributed by atoms with van der Waals surface area (Å²) in [7, 11) is 0. The summed E-state index contributed by atoms with van der Waals surface area (Å²) >= 11 is 0. The molecule has 4 rings (SSSR count). The van der Waals surface area contributed by atoms with E-state index in [0.717, 1.165) is 69.6 Å². The minimum Gasteiger partial charge on any atom is -0.247 e. The summed E-state index contributed by atoms with van der Waals surface area (Å²) in [4.78, 5) is 0. The first kappa shape index (κ1) is 29.8. The van der Waals surface area contributed by atoms with Gasteiger partial charge in [-0.25, -0.2) is 13.2 Å². The molecule has 0 nitrogen and oxygen atoms in total. The molecule has 37 heavy (non-hydrogen) atoms. The molecular formula is C34H59F3. The van der Waals surface area contributed by atoms with E-state index in [9.17, 15) is 4.39 Å². The van der Waals surface area contributed by atoms with E-state index < -0.39 is 18.5 Å². The van der Waals surface area contributed by atoms with E-state index in [1.807, 2.05) is 0 Å². The van der Waals surface area contributed by atoms with Gasteiger partial charge in [-0.15, -0.1) is 0 Å². The Hall–Kier alpha value is -0.210. The van der Waals surface area contributed by atoms with Crippen LogP contribution < -0.4 is 0 Å². The lowest BCUT2D eigenvalue weighted by atomic mass is 9.63. The third-order valence-electron chi connectivity index (χ3n) is 11.8. The van der Waals surface area contributed by atoms with Crippen molar-refractivity contribution >= 4 is 0 Å². The number of hydrogen-bond donors (Lipinski definition) is 0. The molecule has 0 saturated heterocycles. The van der Waals surface area contributed by atoms with Crippen LogP contribution in [0.2, 0.25) is 0 Å². The van der Waals surface area contributed by atoms with Crippen molar-refractivity contribution in [2.24, 2.45) is 47.3 Å². The van der Waals surface area contributed by atoms with Gasteiger partial charge in [0.1, 0.15) is 18.5 Å². The zero-order valence-corrected chi connectivity index (χ0v) is 24.3. The van der Waals surface area contributed by atoms with Crippen LogP contribution in [0.3, 0.4) is 0 Å². The van der Waals surface area contributed by atoms with E-state index in [1.165, 1.54) is 77.0 Å². The van der Waals surface area contributed by atoms with E-state index in [4.69, 9.17) is 0 Å². The molecule has 0 aromatic heterocycles. The highest BCUT2D eigenvalue weighted by molar-refractivity contribution is 4.95. The standard InChI is InChI=1S/C34H59F3/c1-3-4-5-6-10-29-20-15-26(23-32(29)35)9-7-8-25-13-18-28(19-14-25)31-22-21-30(33(36)34(31)37)27-16-11-24(2)12-17-27/h24-34H,3-23H2,1-2H3. The predicted octanol–water partition coefficient (Wildman–Crippen LogP) is 11.2. The van der Waals surface area contributed by atoms with E-state index in [2.05, 4.69) is 13.8 Å². The smallest absolute Gasteiger partial charge is 0.134 e. The lowest BCUT2D eigenvalue weighted by Gasteiger charge is -2.44. The molecule has 3 heteroatoms. The maximum absolute atomic E-state index is 15.4. The van der Waals surface area contributed by atoms with Crippen LogP contribution in [0, 0.1) is 47.3 Å². The molecule has 0 amide bonds. The van der Waals surface area contributed by atoms with Gasteiger partial charge in [-0.1, -0.05) is 84.5 Å². The fourth-order valence-corrected chi connectivity index (χ4v) is 9.16. The summed E-state index contributed by atoms with van der Waals surface area (Å²) in [6.45, 7) is 4.53. The maximum atomic E-state index is 15.4. The molecule has 4 saturated carbocycles. The predicted molar refractivity (Wildman–Crippen MR) is 151 cm³/mol. The molecule has 216 valence electrons. The Morgan fingerprint density at radius 2 is 1.11 bits per heavy atom. The summed E-state index contributed by atoms with van der Waals surface area (Å²) in [5.74, 6) is 3.22. The molecule has 7 atom stereocenters. The molecule has 4 aliphatic rings. The van der Waals surface area contributed by atoms with Gasteiger partial charge in [0.25, 0.3) is 0 Å². The van der Waals surface area contributed by atoms with Gasteiger partial charge in [0.2, 0.25) is 0 Å². The maximum Gasteiger partial charge on any atom is 0.134 e. The number of hydrogen-bond acceptors (Lipinski definition) is 0. The molecule has 0 N–H and O–H groups in total. The largest absolute Gasteiger partial charge is 0.247 e. The lowest BCUT2D eigenvalue weighted by Crippen LogP contribution is -2.45. The van der Waals surface area contributed by atoms with Crippen LogP contribution in [0.25, 0.3) is 0 Å². The van der Waals surface area contributed by atoms with Gasteiger partial charge < -0.3 is 0 Å². The number of halogens is 3. The first-order valence-corrected chi connectivity index (χ1v) is 16.9. The fourth-order valence-electron chi connectivity index (χ4n) is 9.16. The molecule has 7 unspecified atom stereocenters. The van der Waals surface area contributed by atoms with Crippen molar-refractivity contribution < 1.29 is 13.2 Å². The minimum absolute atomic E-state index is 0.0184. The van der Waals surface area contributed by atoms with E-state index in [0.29, 0.717) is 23.7 Å². The topological polar surface area (TPSA) is 0 Å². The van der Waals surface area contributed by atoms with Crippen LogP contribution in [0.5, 0.6) is 0 Å². The van der Waals surface area contributed by atoms with Crippen molar-refractivity contribution in [3.63, 3.8) is 0 Å². The zero-order valence-electron chi connectivity index (χ0n) is 24.3. The second-order valence-electron chi connectivity index (χ2n) is 14.3. The highest BCUT2D eigenvalue weighted by Gasteiger charge is 2.46. The van der Waals surface area contributed by atoms with Crippen LogP contribution in [0.1, 0.15) is 149 Å². The number of rotatable bonds is 11. The lowest BCUT2D eigenvalue weighted by molar-refractivity contribution is -0.0365. The molecule has 4 fully saturated rings. The Kier molecular flexibility index (Phi) is 12.0. The zero-order chi connectivity index (χ0) is 26.2. The molecule has 0 aromatic rings. The third-order valence-corrected chi connectivity index (χ3v) is 11.8. The fraction of sp³-hybridized carbons (Fsp3) is 1.00. The van der Waals surface area contributed by atoms with Gasteiger partial charge in [-0.05, 0) is 112 Å². The molecule has 0 aromatic carbocycles. The van der Waals surface area contributed by atoms with Gasteiger partial charge >= 0.3 is 0 Å². The summed E-state index contributed by atoms with van der Waals surface area (Å²) in [6.07, 6.45) is 21.0. The first-order valence-electron chi connectivity index (χ1n) is 16.9. The van der Waals surface area contributed by atoms with Crippen molar-refractivity contribution in [1.29, 1.82) is 0 Å². The molecule has 0 bridgehead atoms. The van der Waals surface area contributed by atoms with Crippen LogP contribution in [0.15, 0.2) is 0 Å². The summed E-state index contributed by atoms with van der Waals surface area (Å²) in [5, 5.41) is 0. The average molecular weight is 525 g/mol. The van der Waals surface area contributed by atoms with Gasteiger partial charge in [-0.2, -0.15) is 0 Å². The monoisotopic (exact) mass is 524 g/mol. The highest BCUT2D eigenvalue weighted by Crippen LogP contribution is 2.48. The van der Waals surface area contributed by atoms with Crippen molar-refractivity contribution in [2.45, 2.75) is 167 Å². The van der Waals surface area contributed by atoms with Gasteiger partial charge in [-0.3, -0.25) is 0 Å². The quantitative estimate of drug-likeness (QED) is 0.236. The van der Waals surface area contributed by atoms with Crippen LogP contribution in [0.4, 0.5) is 13.2 Å². The van der Waals surface area contributed by atoms with Crippen molar-refractivity contribution in [1.82, 2.24) is 0 Å². The normalized spacial score (nSPS) is 43.5. The second-order valence-corrected chi connectivity index (χ2v) is 14.3. The second kappa shape index (κ2) is 15.0. The Labute approximate surface area is 227 Å². The van der Waals surface area contributed by atoms with Crippen LogP contribution >= 0.6 is 0 Å². The van der Waals surface area contributed by atoms with Gasteiger partial charge in [0.15, 0.2) is 0 Å². The van der Waals surface area contributed by atoms with E-state index in [1.54, 1.807) is 0 Å². The van der Waals surface area contributed by atoms with Gasteiger partial charge in [0, 0.05) is 0 Å². The molecule has 0 aliphatic heterocycles. The third kappa shape index (κ3) is 8.39. The minimum atomic E-state index is -1.23. The number of alkyl halides is 3. The molecule has 0 spiro atoms. The van der Waals surface area contributed by atoms with Crippen molar-refractivity contribution in [3.05, 3.63) is 0 Å². The van der Waals surface area contributed by atoms with Crippen molar-refractivity contribution in [2.75, 3.05) is 0 Å². The van der Waals surface area contributed by atoms with E-state index in [-0.39, 0.29) is 11.8 Å². The molecule has 0 radical (unpaired) electrons. The van der Waals surface area contributed by atoms with Crippen LogP contribution in [-0.4, -0.2) is 18.5 Å². The summed E-state index contributed by atoms with van der Waals surface area (Å²) in [5.41, 5.74) is 0.